The van der Waals surface area contributed by atoms with Gasteiger partial charge in [0.2, 0.25) is 0 Å². The van der Waals surface area contributed by atoms with Crippen molar-refractivity contribution in [2.75, 3.05) is 26.9 Å². The predicted molar refractivity (Wildman–Crippen MR) is 111 cm³/mol. The molecule has 32 heavy (non-hydrogen) atoms. The van der Waals surface area contributed by atoms with E-state index in [1.165, 1.54) is 12.1 Å². The van der Waals surface area contributed by atoms with Crippen molar-refractivity contribution >= 4 is 11.8 Å². The molecule has 172 valence electrons. The molecule has 0 radical (unpaired) electrons. The van der Waals surface area contributed by atoms with Gasteiger partial charge in [-0.25, -0.2) is 0 Å². The molecule has 3 rings (SSSR count). The number of nitrogens with one attached hydrogen (secondary N) is 1. The molecule has 0 fully saturated rings. The van der Waals surface area contributed by atoms with Gasteiger partial charge in [-0.1, -0.05) is 24.3 Å². The number of carbonyl (C=O) groups is 2. The van der Waals surface area contributed by atoms with Crippen LogP contribution in [0.4, 0.5) is 13.2 Å². The molecule has 0 aliphatic carbocycles. The second-order valence-corrected chi connectivity index (χ2v) is 7.43. The number of benzene rings is 2. The van der Waals surface area contributed by atoms with Gasteiger partial charge in [0.25, 0.3) is 11.8 Å². The number of amides is 2. The molecule has 0 unspecified atom stereocenters. The molecule has 2 aromatic carbocycles. The Hall–Kier alpha value is -2.75. The van der Waals surface area contributed by atoms with Gasteiger partial charge in [0.15, 0.2) is 0 Å². The number of unbranched alkanes of at least 4 members (excludes halogenated alkanes) is 1. The Morgan fingerprint density at radius 1 is 0.938 bits per heavy atom. The van der Waals surface area contributed by atoms with E-state index in [2.05, 4.69) is 5.48 Å². The monoisotopic (exact) mass is 450 g/mol. The molecule has 1 aliphatic heterocycles. The van der Waals surface area contributed by atoms with Crippen LogP contribution in [0.15, 0.2) is 48.5 Å². The lowest BCUT2D eigenvalue weighted by molar-refractivity contribution is -0.137. The predicted octanol–water partition coefficient (Wildman–Crippen LogP) is 4.38. The fourth-order valence-corrected chi connectivity index (χ4v) is 3.53. The van der Waals surface area contributed by atoms with Crippen LogP contribution in [0.2, 0.25) is 0 Å². The first-order valence-electron chi connectivity index (χ1n) is 10.3. The third-order valence-electron chi connectivity index (χ3n) is 5.25. The van der Waals surface area contributed by atoms with Gasteiger partial charge in [0, 0.05) is 13.7 Å². The summed E-state index contributed by atoms with van der Waals surface area (Å²) in [6.45, 7) is 0.684. The third kappa shape index (κ3) is 5.73. The molecule has 9 heteroatoms. The van der Waals surface area contributed by atoms with E-state index in [0.29, 0.717) is 29.7 Å². The largest absolute Gasteiger partial charge is 0.416 e. The number of methoxy groups -OCH3 is 1. The van der Waals surface area contributed by atoms with E-state index in [-0.39, 0.29) is 31.0 Å². The maximum Gasteiger partial charge on any atom is 0.416 e. The molecule has 6 nitrogen and oxygen atoms in total. The van der Waals surface area contributed by atoms with Gasteiger partial charge in [-0.05, 0) is 49.1 Å². The first kappa shape index (κ1) is 23.9. The van der Waals surface area contributed by atoms with Crippen LogP contribution in [0.3, 0.4) is 0 Å². The van der Waals surface area contributed by atoms with Crippen molar-refractivity contribution in [3.63, 3.8) is 0 Å². The van der Waals surface area contributed by atoms with Crippen LogP contribution in [0, 0.1) is 0 Å². The highest BCUT2D eigenvalue weighted by Gasteiger charge is 2.34. The fraction of sp³-hybridized carbons (Fsp3) is 0.391. The normalized spacial score (nSPS) is 14.7. The topological polar surface area (TPSA) is 67.9 Å². The average molecular weight is 450 g/mol. The number of rotatable bonds is 11. The zero-order valence-corrected chi connectivity index (χ0v) is 17.7. The molecule has 0 aromatic heterocycles. The highest BCUT2D eigenvalue weighted by atomic mass is 19.4. The summed E-state index contributed by atoms with van der Waals surface area (Å²) in [5.41, 5.74) is 3.54. The van der Waals surface area contributed by atoms with E-state index in [4.69, 9.17) is 9.57 Å². The van der Waals surface area contributed by atoms with Gasteiger partial charge in [0.05, 0.1) is 35.9 Å². The number of hydrogen-bond acceptors (Lipinski definition) is 5. The lowest BCUT2D eigenvalue weighted by Gasteiger charge is -2.21. The van der Waals surface area contributed by atoms with E-state index in [0.717, 1.165) is 29.9 Å². The standard InChI is InChI=1S/C23H25F3N2O4/c1-31-14-5-4-8-20(16-9-11-17(12-10-16)23(24,25)26)27-32-15-13-28-21(29)18-6-2-3-7-19(18)22(28)30/h2-3,6-7,9-12,20,27H,4-5,8,13-15H2,1H3/t20-/m1/s1. The number of carbonyl (C=O) groups excluding carboxylic acids is 2. The highest BCUT2D eigenvalue weighted by Crippen LogP contribution is 2.30. The van der Waals surface area contributed by atoms with Gasteiger partial charge >= 0.3 is 6.18 Å². The quantitative estimate of drug-likeness (QED) is 0.313. The molecule has 2 aromatic rings. The van der Waals surface area contributed by atoms with Crippen LogP contribution >= 0.6 is 0 Å². The van der Waals surface area contributed by atoms with Crippen molar-refractivity contribution in [3.8, 4) is 0 Å². The highest BCUT2D eigenvalue weighted by molar-refractivity contribution is 6.21. The summed E-state index contributed by atoms with van der Waals surface area (Å²) in [6, 6.07) is 11.2. The van der Waals surface area contributed by atoms with Gasteiger partial charge in [-0.3, -0.25) is 19.3 Å². The molecule has 0 saturated carbocycles. The number of alkyl halides is 3. The van der Waals surface area contributed by atoms with E-state index in [9.17, 15) is 22.8 Å². The number of nitrogens with zero attached hydrogens (tertiary/aromatic N) is 1. The van der Waals surface area contributed by atoms with Crippen molar-refractivity contribution in [1.82, 2.24) is 10.4 Å². The van der Waals surface area contributed by atoms with E-state index < -0.39 is 11.7 Å². The Kier molecular flexibility index (Phi) is 8.00. The number of halogens is 3. The molecule has 2 amide bonds. The lowest BCUT2D eigenvalue weighted by Crippen LogP contribution is -2.35. The van der Waals surface area contributed by atoms with E-state index >= 15 is 0 Å². The Morgan fingerprint density at radius 2 is 1.56 bits per heavy atom. The van der Waals surface area contributed by atoms with Gasteiger partial charge < -0.3 is 4.74 Å². The molecule has 1 atom stereocenters. The Bertz CT molecular complexity index is 897. The molecule has 0 spiro atoms. The number of imide groups is 1. The van der Waals surface area contributed by atoms with Crippen LogP contribution in [0.1, 0.15) is 57.1 Å². The van der Waals surface area contributed by atoms with Crippen molar-refractivity contribution in [3.05, 3.63) is 70.8 Å². The summed E-state index contributed by atoms with van der Waals surface area (Å²) in [5, 5.41) is 0. The Labute approximate surface area is 184 Å². The second kappa shape index (κ2) is 10.7. The molecule has 0 saturated heterocycles. The summed E-state index contributed by atoms with van der Waals surface area (Å²) in [7, 11) is 1.61. The lowest BCUT2D eigenvalue weighted by atomic mass is 10.0. The van der Waals surface area contributed by atoms with Crippen LogP contribution in [-0.2, 0) is 15.8 Å². The van der Waals surface area contributed by atoms with Crippen LogP contribution < -0.4 is 5.48 Å². The minimum absolute atomic E-state index is 0.0423. The fourth-order valence-electron chi connectivity index (χ4n) is 3.53. The zero-order valence-electron chi connectivity index (χ0n) is 17.7. The summed E-state index contributed by atoms with van der Waals surface area (Å²) in [6.07, 6.45) is -2.22. The van der Waals surface area contributed by atoms with Crippen LogP contribution in [0.5, 0.6) is 0 Å². The summed E-state index contributed by atoms with van der Waals surface area (Å²) < 4.78 is 43.6. The summed E-state index contributed by atoms with van der Waals surface area (Å²) in [4.78, 5) is 31.4. The van der Waals surface area contributed by atoms with E-state index in [1.807, 2.05) is 0 Å². The molecular formula is C23H25F3N2O4. The number of fused-ring (bicyclic) bond motifs is 1. The Morgan fingerprint density at radius 3 is 2.12 bits per heavy atom. The van der Waals surface area contributed by atoms with Crippen LogP contribution in [0.25, 0.3) is 0 Å². The first-order valence-corrected chi connectivity index (χ1v) is 10.3. The smallest absolute Gasteiger partial charge is 0.385 e. The molecule has 0 bridgehead atoms. The average Bonchev–Trinajstić information content (AvgIpc) is 3.02. The number of ether oxygens (including phenoxy) is 1. The first-order chi connectivity index (χ1) is 15.3. The Balaban J connectivity index is 1.57. The molecule has 1 N–H and O–H groups in total. The number of hydroxylamine groups is 1. The maximum atomic E-state index is 12.9. The van der Waals surface area contributed by atoms with Gasteiger partial charge in [-0.2, -0.15) is 18.7 Å². The van der Waals surface area contributed by atoms with Crippen molar-refractivity contribution in [2.24, 2.45) is 0 Å². The molecule has 1 aliphatic rings. The second-order valence-electron chi connectivity index (χ2n) is 7.43. The van der Waals surface area contributed by atoms with Crippen molar-refractivity contribution < 1.29 is 32.3 Å². The summed E-state index contributed by atoms with van der Waals surface area (Å²) in [5.74, 6) is -0.735. The maximum absolute atomic E-state index is 12.9. The minimum atomic E-state index is -4.40. The third-order valence-corrected chi connectivity index (χ3v) is 5.25. The zero-order chi connectivity index (χ0) is 23.1. The van der Waals surface area contributed by atoms with Crippen LogP contribution in [-0.4, -0.2) is 43.6 Å². The SMILES string of the molecule is COCCCC[C@@H](NOCCN1C(=O)c2ccccc2C1=O)c1ccc(C(F)(F)F)cc1. The summed E-state index contributed by atoms with van der Waals surface area (Å²) >= 11 is 0. The van der Waals surface area contributed by atoms with Crippen molar-refractivity contribution in [2.45, 2.75) is 31.5 Å². The van der Waals surface area contributed by atoms with Gasteiger partial charge in [-0.15, -0.1) is 0 Å². The van der Waals surface area contributed by atoms with Crippen molar-refractivity contribution in [1.29, 1.82) is 0 Å². The van der Waals surface area contributed by atoms with Gasteiger partial charge in [0.1, 0.15) is 0 Å². The molecular weight excluding hydrogens is 425 g/mol. The van der Waals surface area contributed by atoms with E-state index in [1.54, 1.807) is 31.4 Å². The number of hydrogen-bond donors (Lipinski definition) is 1. The molecule has 1 heterocycles. The minimum Gasteiger partial charge on any atom is -0.385 e.